The molecule has 0 amide bonds. The second-order valence-corrected chi connectivity index (χ2v) is 3.17. The van der Waals surface area contributed by atoms with Crippen LogP contribution in [0.25, 0.3) is 10.8 Å². The van der Waals surface area contributed by atoms with E-state index in [1.54, 1.807) is 0 Å². The first-order chi connectivity index (χ1) is 7.35. The van der Waals surface area contributed by atoms with Gasteiger partial charge in [-0.1, -0.05) is 30.3 Å². The van der Waals surface area contributed by atoms with E-state index in [9.17, 15) is 0 Å². The van der Waals surface area contributed by atoms with Crippen LogP contribution in [0.4, 0.5) is 0 Å². The SMILES string of the molecule is CO/C(=N/O)c1ccc2ccccc2c1. The van der Waals surface area contributed by atoms with Gasteiger partial charge in [-0.3, -0.25) is 0 Å². The molecule has 0 spiro atoms. The van der Waals surface area contributed by atoms with Crippen LogP contribution in [0.5, 0.6) is 0 Å². The predicted molar refractivity (Wildman–Crippen MR) is 59.3 cm³/mol. The van der Waals surface area contributed by atoms with Gasteiger partial charge in [0.2, 0.25) is 0 Å². The van der Waals surface area contributed by atoms with Crippen LogP contribution in [-0.4, -0.2) is 18.2 Å². The normalized spacial score (nSPS) is 11.7. The number of hydrogen-bond acceptors (Lipinski definition) is 3. The summed E-state index contributed by atoms with van der Waals surface area (Å²) in [6.45, 7) is 0. The molecule has 0 saturated carbocycles. The maximum atomic E-state index is 8.71. The Morgan fingerprint density at radius 3 is 2.53 bits per heavy atom. The van der Waals surface area contributed by atoms with Crippen LogP contribution in [0.3, 0.4) is 0 Å². The summed E-state index contributed by atoms with van der Waals surface area (Å²) >= 11 is 0. The Kier molecular flexibility index (Phi) is 2.54. The lowest BCUT2D eigenvalue weighted by Crippen LogP contribution is -2.02. The Bertz CT molecular complexity index is 506. The molecule has 0 heterocycles. The standard InChI is InChI=1S/C12H11NO2/c1-15-12(13-14)11-7-6-9-4-2-3-5-10(9)8-11/h2-8,14H,1H3/b13-12+. The predicted octanol–water partition coefficient (Wildman–Crippen LogP) is 2.62. The molecule has 0 aliphatic carbocycles. The molecule has 0 aromatic heterocycles. The number of fused-ring (bicyclic) bond motifs is 1. The molecule has 0 aliphatic heterocycles. The van der Waals surface area contributed by atoms with Crippen LogP contribution in [0.15, 0.2) is 47.6 Å². The minimum Gasteiger partial charge on any atom is -0.479 e. The molecular weight excluding hydrogens is 190 g/mol. The first-order valence-corrected chi connectivity index (χ1v) is 4.60. The van der Waals surface area contributed by atoms with E-state index >= 15 is 0 Å². The maximum Gasteiger partial charge on any atom is 0.257 e. The first kappa shape index (κ1) is 9.52. The van der Waals surface area contributed by atoms with Crippen molar-refractivity contribution < 1.29 is 9.94 Å². The van der Waals surface area contributed by atoms with Crippen LogP contribution in [0.2, 0.25) is 0 Å². The minimum atomic E-state index is 0.223. The van der Waals surface area contributed by atoms with Gasteiger partial charge in [0.05, 0.1) is 7.11 Å². The van der Waals surface area contributed by atoms with Gasteiger partial charge in [-0.2, -0.15) is 0 Å². The van der Waals surface area contributed by atoms with E-state index in [-0.39, 0.29) is 5.90 Å². The van der Waals surface area contributed by atoms with Crippen molar-refractivity contribution in [2.45, 2.75) is 0 Å². The van der Waals surface area contributed by atoms with E-state index < -0.39 is 0 Å². The van der Waals surface area contributed by atoms with E-state index in [1.807, 2.05) is 42.5 Å². The third-order valence-corrected chi connectivity index (χ3v) is 2.28. The van der Waals surface area contributed by atoms with Crippen LogP contribution in [0, 0.1) is 0 Å². The fourth-order valence-electron chi connectivity index (χ4n) is 1.54. The topological polar surface area (TPSA) is 41.8 Å². The number of ether oxygens (including phenoxy) is 1. The molecular formula is C12H11NO2. The smallest absolute Gasteiger partial charge is 0.257 e. The highest BCUT2D eigenvalue weighted by atomic mass is 16.5. The van der Waals surface area contributed by atoms with Gasteiger partial charge in [-0.05, 0) is 28.1 Å². The molecule has 2 aromatic carbocycles. The number of oxime groups is 1. The highest BCUT2D eigenvalue weighted by Crippen LogP contribution is 2.16. The molecule has 76 valence electrons. The number of hydrogen-bond donors (Lipinski definition) is 1. The summed E-state index contributed by atoms with van der Waals surface area (Å²) in [6.07, 6.45) is 0. The van der Waals surface area contributed by atoms with Gasteiger partial charge in [0.25, 0.3) is 5.90 Å². The number of benzene rings is 2. The van der Waals surface area contributed by atoms with Crippen molar-refractivity contribution in [3.8, 4) is 0 Å². The van der Waals surface area contributed by atoms with Crippen molar-refractivity contribution in [2.24, 2.45) is 5.16 Å². The van der Waals surface area contributed by atoms with Gasteiger partial charge in [0.15, 0.2) is 0 Å². The lowest BCUT2D eigenvalue weighted by Gasteiger charge is -2.04. The molecule has 0 bridgehead atoms. The molecule has 0 unspecified atom stereocenters. The van der Waals surface area contributed by atoms with E-state index in [4.69, 9.17) is 9.94 Å². The number of methoxy groups -OCH3 is 1. The lowest BCUT2D eigenvalue weighted by molar-refractivity contribution is 0.287. The summed E-state index contributed by atoms with van der Waals surface area (Å²) in [5.41, 5.74) is 0.763. The van der Waals surface area contributed by atoms with Crippen molar-refractivity contribution in [2.75, 3.05) is 7.11 Å². The Morgan fingerprint density at radius 2 is 1.87 bits per heavy atom. The second kappa shape index (κ2) is 4.00. The fourth-order valence-corrected chi connectivity index (χ4v) is 1.54. The summed E-state index contributed by atoms with van der Waals surface area (Å²) < 4.78 is 4.93. The summed E-state index contributed by atoms with van der Waals surface area (Å²) in [6, 6.07) is 13.7. The van der Waals surface area contributed by atoms with Crippen molar-refractivity contribution in [1.29, 1.82) is 0 Å². The number of nitrogens with zero attached hydrogens (tertiary/aromatic N) is 1. The van der Waals surface area contributed by atoms with Crippen molar-refractivity contribution in [3.05, 3.63) is 48.0 Å². The highest BCUT2D eigenvalue weighted by Gasteiger charge is 2.04. The third kappa shape index (κ3) is 1.76. The highest BCUT2D eigenvalue weighted by molar-refractivity contribution is 5.98. The zero-order chi connectivity index (χ0) is 10.7. The van der Waals surface area contributed by atoms with Crippen molar-refractivity contribution in [1.82, 2.24) is 0 Å². The van der Waals surface area contributed by atoms with Gasteiger partial charge in [0, 0.05) is 5.56 Å². The molecule has 0 atom stereocenters. The summed E-state index contributed by atoms with van der Waals surface area (Å²) in [5.74, 6) is 0.223. The van der Waals surface area contributed by atoms with Crippen LogP contribution in [0.1, 0.15) is 5.56 Å². The Labute approximate surface area is 87.6 Å². The zero-order valence-electron chi connectivity index (χ0n) is 8.34. The zero-order valence-corrected chi connectivity index (χ0v) is 8.34. The molecule has 2 aromatic rings. The third-order valence-electron chi connectivity index (χ3n) is 2.28. The molecule has 15 heavy (non-hydrogen) atoms. The second-order valence-electron chi connectivity index (χ2n) is 3.17. The monoisotopic (exact) mass is 201 g/mol. The molecule has 0 fully saturated rings. The molecule has 1 N–H and O–H groups in total. The summed E-state index contributed by atoms with van der Waals surface area (Å²) in [5, 5.41) is 14.0. The van der Waals surface area contributed by atoms with Crippen LogP contribution >= 0.6 is 0 Å². The quantitative estimate of drug-likeness (QED) is 0.333. The van der Waals surface area contributed by atoms with E-state index in [0.717, 1.165) is 16.3 Å². The van der Waals surface area contributed by atoms with Crippen LogP contribution in [-0.2, 0) is 4.74 Å². The van der Waals surface area contributed by atoms with Gasteiger partial charge >= 0.3 is 0 Å². The Morgan fingerprint density at radius 1 is 1.13 bits per heavy atom. The molecule has 3 heteroatoms. The summed E-state index contributed by atoms with van der Waals surface area (Å²) in [4.78, 5) is 0. The maximum absolute atomic E-state index is 8.71. The van der Waals surface area contributed by atoms with Crippen LogP contribution < -0.4 is 0 Å². The van der Waals surface area contributed by atoms with E-state index in [0.29, 0.717) is 0 Å². The molecule has 0 radical (unpaired) electrons. The largest absolute Gasteiger partial charge is 0.479 e. The lowest BCUT2D eigenvalue weighted by atomic mass is 10.1. The van der Waals surface area contributed by atoms with E-state index in [1.165, 1.54) is 7.11 Å². The number of rotatable bonds is 1. The summed E-state index contributed by atoms with van der Waals surface area (Å²) in [7, 11) is 1.48. The van der Waals surface area contributed by atoms with Gasteiger partial charge in [0.1, 0.15) is 0 Å². The molecule has 2 rings (SSSR count). The molecule has 3 nitrogen and oxygen atoms in total. The van der Waals surface area contributed by atoms with Gasteiger partial charge in [-0.15, -0.1) is 0 Å². The Hall–Kier alpha value is -2.03. The fraction of sp³-hybridized carbons (Fsp3) is 0.0833. The molecule has 0 saturated heterocycles. The first-order valence-electron chi connectivity index (χ1n) is 4.60. The average molecular weight is 201 g/mol. The van der Waals surface area contributed by atoms with Gasteiger partial charge in [-0.25, -0.2) is 0 Å². The van der Waals surface area contributed by atoms with Gasteiger partial charge < -0.3 is 9.94 Å². The minimum absolute atomic E-state index is 0.223. The molecule has 0 aliphatic rings. The van der Waals surface area contributed by atoms with E-state index in [2.05, 4.69) is 5.16 Å². The van der Waals surface area contributed by atoms with Crippen molar-refractivity contribution >= 4 is 16.7 Å². The Balaban J connectivity index is 2.56. The van der Waals surface area contributed by atoms with Crippen molar-refractivity contribution in [3.63, 3.8) is 0 Å². The average Bonchev–Trinajstić information content (AvgIpc) is 2.30.